The second-order valence-corrected chi connectivity index (χ2v) is 6.85. The van der Waals surface area contributed by atoms with E-state index in [1.807, 2.05) is 45.0 Å². The van der Waals surface area contributed by atoms with Crippen LogP contribution in [0.1, 0.15) is 49.9 Å². The van der Waals surface area contributed by atoms with E-state index in [1.54, 1.807) is 6.92 Å². The van der Waals surface area contributed by atoms with Crippen LogP contribution < -0.4 is 10.1 Å². The number of hydrogen-bond acceptors (Lipinski definition) is 5. The molecule has 2 aromatic rings. The molecule has 1 aliphatic rings. The first-order valence-corrected chi connectivity index (χ1v) is 9.18. The largest absolute Gasteiger partial charge is 0.491 e. The van der Waals surface area contributed by atoms with Crippen molar-refractivity contribution < 1.29 is 19.1 Å². The maximum atomic E-state index is 12.3. The van der Waals surface area contributed by atoms with Gasteiger partial charge in [0.1, 0.15) is 18.1 Å². The molecule has 0 radical (unpaired) electrons. The lowest BCUT2D eigenvalue weighted by Crippen LogP contribution is -2.26. The first kappa shape index (κ1) is 18.9. The van der Waals surface area contributed by atoms with Gasteiger partial charge in [0, 0.05) is 17.9 Å². The molecule has 1 aromatic heterocycles. The first-order chi connectivity index (χ1) is 12.9. The second-order valence-electron chi connectivity index (χ2n) is 6.85. The molecule has 0 fully saturated rings. The van der Waals surface area contributed by atoms with Crippen LogP contribution in [0.5, 0.6) is 5.75 Å². The van der Waals surface area contributed by atoms with Gasteiger partial charge in [-0.25, -0.2) is 4.68 Å². The average Bonchev–Trinajstić information content (AvgIpc) is 2.89. The third-order valence-corrected chi connectivity index (χ3v) is 4.39. The number of amides is 1. The summed E-state index contributed by atoms with van der Waals surface area (Å²) in [7, 11) is 0. The van der Waals surface area contributed by atoms with E-state index in [1.165, 1.54) is 4.68 Å². The van der Waals surface area contributed by atoms with Gasteiger partial charge < -0.3 is 14.8 Å². The van der Waals surface area contributed by atoms with Gasteiger partial charge in [-0.15, -0.1) is 0 Å². The fourth-order valence-electron chi connectivity index (χ4n) is 3.42. The number of carbonyl (C=O) groups is 2. The molecule has 27 heavy (non-hydrogen) atoms. The molecule has 7 nitrogen and oxygen atoms in total. The summed E-state index contributed by atoms with van der Waals surface area (Å²) < 4.78 is 12.3. The molecule has 0 spiro atoms. The Hall–Kier alpha value is -2.83. The highest BCUT2D eigenvalue weighted by molar-refractivity contribution is 5.95. The molecule has 7 heteroatoms. The molecule has 1 amide bonds. The SMILES string of the molecule is CCOC(=O)Cn1nc(C)c2c1NC(=O)C[C@H]2c1cccc(OC(C)C)c1. The Kier molecular flexibility index (Phi) is 5.48. The van der Waals surface area contributed by atoms with Crippen molar-refractivity contribution in [3.05, 3.63) is 41.1 Å². The summed E-state index contributed by atoms with van der Waals surface area (Å²) in [5.74, 6) is 0.711. The number of hydrogen-bond donors (Lipinski definition) is 1. The van der Waals surface area contributed by atoms with Gasteiger partial charge in [0.2, 0.25) is 5.91 Å². The van der Waals surface area contributed by atoms with E-state index in [4.69, 9.17) is 9.47 Å². The van der Waals surface area contributed by atoms with Gasteiger partial charge in [-0.3, -0.25) is 9.59 Å². The lowest BCUT2D eigenvalue weighted by Gasteiger charge is -2.25. The Morgan fingerprint density at radius 2 is 2.19 bits per heavy atom. The molecule has 144 valence electrons. The molecule has 1 atom stereocenters. The van der Waals surface area contributed by atoms with Crippen LogP contribution in [0.15, 0.2) is 24.3 Å². The first-order valence-electron chi connectivity index (χ1n) is 9.18. The van der Waals surface area contributed by atoms with Gasteiger partial charge in [0.05, 0.1) is 18.4 Å². The van der Waals surface area contributed by atoms with Gasteiger partial charge in [-0.2, -0.15) is 5.10 Å². The zero-order valence-electron chi connectivity index (χ0n) is 16.1. The Labute approximate surface area is 158 Å². The fourth-order valence-corrected chi connectivity index (χ4v) is 3.42. The Bertz CT molecular complexity index is 857. The molecule has 0 aliphatic carbocycles. The van der Waals surface area contributed by atoms with Gasteiger partial charge >= 0.3 is 5.97 Å². The van der Waals surface area contributed by atoms with Crippen LogP contribution in [0.4, 0.5) is 5.82 Å². The normalized spacial score (nSPS) is 16.0. The van der Waals surface area contributed by atoms with Crippen molar-refractivity contribution in [2.75, 3.05) is 11.9 Å². The highest BCUT2D eigenvalue weighted by atomic mass is 16.5. The van der Waals surface area contributed by atoms with Crippen molar-refractivity contribution in [1.29, 1.82) is 0 Å². The molecule has 0 saturated carbocycles. The molecule has 1 aromatic carbocycles. The Balaban J connectivity index is 1.98. The van der Waals surface area contributed by atoms with Crippen molar-refractivity contribution in [2.45, 2.75) is 52.7 Å². The number of carbonyl (C=O) groups excluding carboxylic acids is 2. The van der Waals surface area contributed by atoms with Gasteiger partial charge in [-0.1, -0.05) is 12.1 Å². The summed E-state index contributed by atoms with van der Waals surface area (Å²) in [5, 5.41) is 7.33. The van der Waals surface area contributed by atoms with E-state index in [9.17, 15) is 9.59 Å². The second kappa shape index (κ2) is 7.82. The van der Waals surface area contributed by atoms with Gasteiger partial charge in [0.25, 0.3) is 0 Å². The molecule has 0 bridgehead atoms. The maximum absolute atomic E-state index is 12.3. The van der Waals surface area contributed by atoms with Crippen LogP contribution in [-0.2, 0) is 20.9 Å². The fraction of sp³-hybridized carbons (Fsp3) is 0.450. The van der Waals surface area contributed by atoms with E-state index in [2.05, 4.69) is 10.4 Å². The van der Waals surface area contributed by atoms with Crippen molar-refractivity contribution in [1.82, 2.24) is 9.78 Å². The lowest BCUT2D eigenvalue weighted by atomic mass is 9.86. The molecule has 0 saturated heterocycles. The minimum Gasteiger partial charge on any atom is -0.491 e. The van der Waals surface area contributed by atoms with Crippen LogP contribution in [0.3, 0.4) is 0 Å². The predicted molar refractivity (Wildman–Crippen MR) is 101 cm³/mol. The number of esters is 1. The van der Waals surface area contributed by atoms with E-state index < -0.39 is 0 Å². The minimum atomic E-state index is -0.383. The van der Waals surface area contributed by atoms with Crippen molar-refractivity contribution in [2.24, 2.45) is 0 Å². The van der Waals surface area contributed by atoms with Crippen LogP contribution in [0.25, 0.3) is 0 Å². The Morgan fingerprint density at radius 3 is 2.89 bits per heavy atom. The summed E-state index contributed by atoms with van der Waals surface area (Å²) in [4.78, 5) is 24.2. The summed E-state index contributed by atoms with van der Waals surface area (Å²) in [6, 6.07) is 7.79. The number of aryl methyl sites for hydroxylation is 1. The zero-order valence-corrected chi connectivity index (χ0v) is 16.1. The van der Waals surface area contributed by atoms with Gasteiger partial charge in [-0.05, 0) is 45.4 Å². The number of nitrogens with one attached hydrogen (secondary N) is 1. The third kappa shape index (κ3) is 4.13. The molecule has 0 unspecified atom stereocenters. The van der Waals surface area contributed by atoms with E-state index in [0.717, 1.165) is 22.6 Å². The van der Waals surface area contributed by atoms with Crippen LogP contribution in [-0.4, -0.2) is 34.4 Å². The van der Waals surface area contributed by atoms with E-state index in [0.29, 0.717) is 18.8 Å². The lowest BCUT2D eigenvalue weighted by molar-refractivity contribution is -0.144. The molecular weight excluding hydrogens is 346 g/mol. The number of rotatable bonds is 6. The standard InChI is InChI=1S/C20H25N3O4/c1-5-26-18(25)11-23-20-19(13(4)22-23)16(10-17(24)21-20)14-7-6-8-15(9-14)27-12(2)3/h6-9,12,16H,5,10-11H2,1-4H3,(H,21,24)/t16-/m0/s1. The summed E-state index contributed by atoms with van der Waals surface area (Å²) in [5.41, 5.74) is 2.71. The monoisotopic (exact) mass is 371 g/mol. The number of aromatic nitrogens is 2. The minimum absolute atomic E-state index is 0.0342. The summed E-state index contributed by atoms with van der Waals surface area (Å²) >= 11 is 0. The third-order valence-electron chi connectivity index (χ3n) is 4.39. The smallest absolute Gasteiger partial charge is 0.327 e. The van der Waals surface area contributed by atoms with Crippen molar-refractivity contribution in [3.8, 4) is 5.75 Å². The predicted octanol–water partition coefficient (Wildman–Crippen LogP) is 3.02. The average molecular weight is 371 g/mol. The number of nitrogens with zero attached hydrogens (tertiary/aromatic N) is 2. The maximum Gasteiger partial charge on any atom is 0.327 e. The molecule has 3 rings (SSSR count). The molecular formula is C20H25N3O4. The van der Waals surface area contributed by atoms with Crippen LogP contribution in [0, 0.1) is 6.92 Å². The van der Waals surface area contributed by atoms with Crippen molar-refractivity contribution >= 4 is 17.7 Å². The molecule has 2 heterocycles. The van der Waals surface area contributed by atoms with E-state index in [-0.39, 0.29) is 30.4 Å². The number of ether oxygens (including phenoxy) is 2. The molecule has 1 N–H and O–H groups in total. The van der Waals surface area contributed by atoms with Crippen LogP contribution in [0.2, 0.25) is 0 Å². The number of anilines is 1. The quantitative estimate of drug-likeness (QED) is 0.789. The highest BCUT2D eigenvalue weighted by Gasteiger charge is 2.32. The number of fused-ring (bicyclic) bond motifs is 1. The summed E-state index contributed by atoms with van der Waals surface area (Å²) in [6.45, 7) is 7.86. The van der Waals surface area contributed by atoms with Crippen molar-refractivity contribution in [3.63, 3.8) is 0 Å². The zero-order chi connectivity index (χ0) is 19.6. The van der Waals surface area contributed by atoms with Crippen LogP contribution >= 0.6 is 0 Å². The highest BCUT2D eigenvalue weighted by Crippen LogP contribution is 2.40. The Morgan fingerprint density at radius 1 is 1.41 bits per heavy atom. The summed E-state index contributed by atoms with van der Waals surface area (Å²) in [6.07, 6.45) is 0.392. The van der Waals surface area contributed by atoms with E-state index >= 15 is 0 Å². The number of benzene rings is 1. The molecule has 1 aliphatic heterocycles. The topological polar surface area (TPSA) is 82.5 Å². The van der Waals surface area contributed by atoms with Gasteiger partial charge in [0.15, 0.2) is 0 Å².